The Bertz CT molecular complexity index is 4090. The summed E-state index contributed by atoms with van der Waals surface area (Å²) in [5.74, 6) is 1.29. The molecule has 9 rings (SSSR count). The van der Waals surface area contributed by atoms with Crippen LogP contribution in [-0.2, 0) is 16.2 Å². The fourth-order valence-corrected chi connectivity index (χ4v) is 10.8. The summed E-state index contributed by atoms with van der Waals surface area (Å²) in [4.78, 5) is 27.3. The van der Waals surface area contributed by atoms with Gasteiger partial charge in [0.15, 0.2) is 29.0 Å². The predicted octanol–water partition coefficient (Wildman–Crippen LogP) is 13.3. The molecule has 420 valence electrons. The van der Waals surface area contributed by atoms with Crippen LogP contribution >= 0.6 is 22.9 Å². The van der Waals surface area contributed by atoms with Gasteiger partial charge in [0.05, 0.1) is 29.3 Å². The van der Waals surface area contributed by atoms with Crippen LogP contribution in [0.25, 0.3) is 21.1 Å². The molecule has 9 aromatic rings. The van der Waals surface area contributed by atoms with Crippen molar-refractivity contribution in [3.05, 3.63) is 109 Å². The monoisotopic (exact) mass is 1140 g/mol. The summed E-state index contributed by atoms with van der Waals surface area (Å²) in [6.07, 6.45) is 0. The highest BCUT2D eigenvalue weighted by atomic mass is 32.1. The Morgan fingerprint density at radius 1 is 0.646 bits per heavy atom. The summed E-state index contributed by atoms with van der Waals surface area (Å²) >= 11 is 2.32. The van der Waals surface area contributed by atoms with Gasteiger partial charge in [-0.3, -0.25) is 4.90 Å². The molecule has 25 nitrogen and oxygen atoms in total. The first kappa shape index (κ1) is 57.2. The molecule has 0 bridgehead atoms. The SMILES string of the molecule is [C-]#[N+]c1c(C(C)(C)C)nn(-c2nnc(-n3nc(C(C)(C)C)c(C#N)c3N=Nc3c(C)cc(N(c4nc(C)ns4)c4c(C)cc(C)cc4C)nc3Nc3c(C)cc(C)cc3C)s2)c1N=Nc1c(C(C)(C)C)nn(-c2nc(O)nc(O)n2)c1N. The maximum atomic E-state index is 11.0. The van der Waals surface area contributed by atoms with Gasteiger partial charge in [-0.05, 0) is 94.7 Å². The number of aromatic nitrogens is 14. The lowest BCUT2D eigenvalue weighted by molar-refractivity contribution is 0.379. The molecule has 7 aromatic heterocycles. The lowest BCUT2D eigenvalue weighted by atomic mass is 9.90. The molecule has 82 heavy (non-hydrogen) atoms. The molecule has 7 heterocycles. The standard InChI is InChI=1S/C55H61N23O2S2/c1-25-19-27(3)35(28(4)20-25)61-44-36(29(5)23-34(60-44)75(50-59-32(8)74-82-50)39-30(6)21-26(2)22-31(39)7)65-67-45-33(24-56)40(53(9,10)11)71-77(45)51-69-70-52(81-51)78-46(38(58-18)42(73-78)55(15,16)17)68-66-37-41(54(12,13)14)72-76(43(37)57)47-62-48(79)64-49(80)63-47/h19-23H,57H2,1-17H3,(H,60,61)(H2,62,63,64,79,80). The Kier molecular flexibility index (Phi) is 14.8. The average molecular weight is 1140 g/mol. The minimum absolute atomic E-state index is 0.00317. The second kappa shape index (κ2) is 21.2. The summed E-state index contributed by atoms with van der Waals surface area (Å²) in [6, 6.07) is 11.2. The third-order valence-corrected chi connectivity index (χ3v) is 14.5. The van der Waals surface area contributed by atoms with E-state index in [0.29, 0.717) is 50.9 Å². The van der Waals surface area contributed by atoms with Crippen molar-refractivity contribution in [2.45, 2.75) is 134 Å². The van der Waals surface area contributed by atoms with Gasteiger partial charge in [0.1, 0.15) is 29.0 Å². The van der Waals surface area contributed by atoms with Crippen LogP contribution in [-0.4, -0.2) is 79.0 Å². The normalized spacial score (nSPS) is 12.2. The predicted molar refractivity (Wildman–Crippen MR) is 314 cm³/mol. The largest absolute Gasteiger partial charge is 0.479 e. The van der Waals surface area contributed by atoms with Gasteiger partial charge in [-0.1, -0.05) is 109 Å². The molecule has 27 heteroatoms. The number of nitrogens with one attached hydrogen (secondary N) is 1. The molecular formula is C55H61N23O2S2. The molecule has 0 aliphatic heterocycles. The van der Waals surface area contributed by atoms with E-state index in [1.54, 1.807) is 0 Å². The zero-order valence-corrected chi connectivity index (χ0v) is 50.2. The lowest BCUT2D eigenvalue weighted by Gasteiger charge is -2.26. The minimum atomic E-state index is -0.755. The van der Waals surface area contributed by atoms with Crippen molar-refractivity contribution in [1.82, 2.24) is 68.8 Å². The van der Waals surface area contributed by atoms with Crippen molar-refractivity contribution in [3.8, 4) is 34.3 Å². The summed E-state index contributed by atoms with van der Waals surface area (Å²) in [7, 11) is 0. The maximum Gasteiger partial charge on any atom is 0.321 e. The topological polar surface area (TPSA) is 316 Å². The summed E-state index contributed by atoms with van der Waals surface area (Å²) in [5.41, 5.74) is 15.3. The van der Waals surface area contributed by atoms with Gasteiger partial charge in [-0.25, -0.2) is 14.8 Å². The van der Waals surface area contributed by atoms with Gasteiger partial charge in [0.2, 0.25) is 15.4 Å². The van der Waals surface area contributed by atoms with Crippen molar-refractivity contribution in [2.75, 3.05) is 16.0 Å². The van der Waals surface area contributed by atoms with Gasteiger partial charge in [-0.2, -0.15) is 48.9 Å². The zero-order valence-electron chi connectivity index (χ0n) is 48.6. The van der Waals surface area contributed by atoms with Crippen LogP contribution in [0.15, 0.2) is 50.8 Å². The van der Waals surface area contributed by atoms with Crippen LogP contribution in [0.1, 0.15) is 130 Å². The van der Waals surface area contributed by atoms with Crippen LogP contribution in [0.2, 0.25) is 0 Å². The average Bonchev–Trinajstić information content (AvgIpc) is 3.58. The third-order valence-electron chi connectivity index (χ3n) is 12.9. The first-order valence-electron chi connectivity index (χ1n) is 25.8. The number of pyridine rings is 1. The highest BCUT2D eigenvalue weighted by molar-refractivity contribution is 7.16. The van der Waals surface area contributed by atoms with E-state index in [2.05, 4.69) is 113 Å². The zero-order chi connectivity index (χ0) is 59.7. The Morgan fingerprint density at radius 2 is 1.17 bits per heavy atom. The Labute approximate surface area is 481 Å². The molecule has 0 atom stereocenters. The maximum absolute atomic E-state index is 11.0. The fourth-order valence-electron chi connectivity index (χ4n) is 9.37. The first-order chi connectivity index (χ1) is 38.5. The second-order valence-corrected chi connectivity index (χ2v) is 24.6. The van der Waals surface area contributed by atoms with E-state index in [4.69, 9.17) is 42.7 Å². The number of nitrogens with zero attached hydrogens (tertiary/aromatic N) is 21. The van der Waals surface area contributed by atoms with Gasteiger partial charge >= 0.3 is 12.0 Å². The number of anilines is 6. The molecule has 0 aliphatic carbocycles. The molecule has 0 saturated heterocycles. The Balaban J connectivity index is 1.21. The smallest absolute Gasteiger partial charge is 0.321 e. The molecule has 0 unspecified atom stereocenters. The highest BCUT2D eigenvalue weighted by Crippen LogP contribution is 2.47. The van der Waals surface area contributed by atoms with E-state index in [1.807, 2.05) is 101 Å². The highest BCUT2D eigenvalue weighted by Gasteiger charge is 2.34. The van der Waals surface area contributed by atoms with Crippen LogP contribution < -0.4 is 16.0 Å². The van der Waals surface area contributed by atoms with E-state index < -0.39 is 28.3 Å². The van der Waals surface area contributed by atoms with Gasteiger partial charge in [0.25, 0.3) is 11.6 Å². The number of azo groups is 2. The molecule has 0 amide bonds. The van der Waals surface area contributed by atoms with E-state index in [-0.39, 0.29) is 50.6 Å². The van der Waals surface area contributed by atoms with Crippen molar-refractivity contribution in [3.63, 3.8) is 0 Å². The molecule has 0 fully saturated rings. The van der Waals surface area contributed by atoms with Crippen molar-refractivity contribution in [2.24, 2.45) is 20.5 Å². The van der Waals surface area contributed by atoms with Crippen LogP contribution in [0.3, 0.4) is 0 Å². The Morgan fingerprint density at radius 3 is 1.71 bits per heavy atom. The Hall–Kier alpha value is -9.47. The molecule has 0 spiro atoms. The lowest BCUT2D eigenvalue weighted by Crippen LogP contribution is -2.15. The number of rotatable bonds is 12. The molecule has 5 N–H and O–H groups in total. The van der Waals surface area contributed by atoms with Crippen molar-refractivity contribution >= 4 is 85.5 Å². The minimum Gasteiger partial charge on any atom is -0.479 e. The van der Waals surface area contributed by atoms with Crippen molar-refractivity contribution in [1.29, 1.82) is 5.26 Å². The number of nitrogens with two attached hydrogens (primary N) is 1. The van der Waals surface area contributed by atoms with Crippen LogP contribution in [0.5, 0.6) is 12.0 Å². The number of aryl methyl sites for hydroxylation is 8. The fraction of sp³-hybridized carbons (Fsp3) is 0.364. The molecular weight excluding hydrogens is 1080 g/mol. The summed E-state index contributed by atoms with van der Waals surface area (Å²) < 4.78 is 8.46. The summed E-state index contributed by atoms with van der Waals surface area (Å²) in [6.45, 7) is 41.7. The quantitative estimate of drug-likeness (QED) is 0.0652. The second-order valence-electron chi connectivity index (χ2n) is 23.0. The molecule has 0 radical (unpaired) electrons. The van der Waals surface area contributed by atoms with E-state index in [0.717, 1.165) is 60.8 Å². The van der Waals surface area contributed by atoms with Crippen molar-refractivity contribution < 1.29 is 10.2 Å². The molecule has 0 aliphatic rings. The van der Waals surface area contributed by atoms with E-state index in [1.165, 1.54) is 20.9 Å². The van der Waals surface area contributed by atoms with E-state index in [9.17, 15) is 15.5 Å². The molecule has 2 aromatic carbocycles. The van der Waals surface area contributed by atoms with Gasteiger partial charge in [0, 0.05) is 28.0 Å². The number of nitriles is 1. The van der Waals surface area contributed by atoms with Gasteiger partial charge in [-0.15, -0.1) is 35.6 Å². The first-order valence-corrected chi connectivity index (χ1v) is 27.4. The van der Waals surface area contributed by atoms with Crippen LogP contribution in [0.4, 0.5) is 62.7 Å². The third kappa shape index (κ3) is 10.9. The van der Waals surface area contributed by atoms with Crippen LogP contribution in [0, 0.1) is 73.3 Å². The molecule has 0 saturated carbocycles. The van der Waals surface area contributed by atoms with Gasteiger partial charge < -0.3 is 21.3 Å². The number of hydrogen-bond donors (Lipinski definition) is 4. The number of aromatic hydroxyl groups is 2. The number of hydrogen-bond acceptors (Lipinski definition) is 23. The van der Waals surface area contributed by atoms with E-state index >= 15 is 0 Å². The summed E-state index contributed by atoms with van der Waals surface area (Å²) in [5, 5.41) is 78.5. The number of nitrogen functional groups attached to an aromatic ring is 1. The number of benzene rings is 2.